The van der Waals surface area contributed by atoms with Gasteiger partial charge in [-0.3, -0.25) is 4.98 Å². The summed E-state index contributed by atoms with van der Waals surface area (Å²) < 4.78 is 40.2. The average Bonchev–Trinajstić information content (AvgIpc) is 2.51. The van der Waals surface area contributed by atoms with Crippen molar-refractivity contribution in [1.29, 1.82) is 0 Å². The number of fused-ring (bicyclic) bond motifs is 3. The molecular formula is C18H17F3N2. The molecule has 0 amide bonds. The summed E-state index contributed by atoms with van der Waals surface area (Å²) in [5.74, 6) is 0. The Morgan fingerprint density at radius 1 is 1.00 bits per heavy atom. The van der Waals surface area contributed by atoms with E-state index in [1.165, 1.54) is 6.07 Å². The highest BCUT2D eigenvalue weighted by molar-refractivity contribution is 6.10. The highest BCUT2D eigenvalue weighted by Gasteiger charge is 2.33. The van der Waals surface area contributed by atoms with Crippen molar-refractivity contribution in [2.75, 3.05) is 19.0 Å². The highest BCUT2D eigenvalue weighted by atomic mass is 19.4. The summed E-state index contributed by atoms with van der Waals surface area (Å²) >= 11 is 0. The van der Waals surface area contributed by atoms with Crippen LogP contribution >= 0.6 is 0 Å². The number of anilines is 1. The lowest BCUT2D eigenvalue weighted by molar-refractivity contribution is -0.136. The zero-order valence-corrected chi connectivity index (χ0v) is 13.2. The zero-order valence-electron chi connectivity index (χ0n) is 13.2. The smallest absolute Gasteiger partial charge is 0.377 e. The van der Waals surface area contributed by atoms with Crippen LogP contribution in [0.25, 0.3) is 21.7 Å². The highest BCUT2D eigenvalue weighted by Crippen LogP contribution is 2.38. The molecule has 3 aromatic rings. The van der Waals surface area contributed by atoms with Gasteiger partial charge in [0.1, 0.15) is 0 Å². The average molecular weight is 318 g/mol. The van der Waals surface area contributed by atoms with Crippen LogP contribution in [0, 0.1) is 0 Å². The fourth-order valence-corrected chi connectivity index (χ4v) is 2.89. The van der Waals surface area contributed by atoms with Crippen LogP contribution in [0.3, 0.4) is 0 Å². The Kier molecular flexibility index (Phi) is 3.66. The van der Waals surface area contributed by atoms with Crippen molar-refractivity contribution >= 4 is 27.4 Å². The van der Waals surface area contributed by atoms with E-state index in [2.05, 4.69) is 4.98 Å². The van der Waals surface area contributed by atoms with Crippen molar-refractivity contribution < 1.29 is 13.2 Å². The maximum Gasteiger partial charge on any atom is 0.417 e. The number of alkyl halides is 3. The first-order chi connectivity index (χ1) is 10.8. The van der Waals surface area contributed by atoms with Crippen LogP contribution in [0.5, 0.6) is 0 Å². The summed E-state index contributed by atoms with van der Waals surface area (Å²) in [6.07, 6.45) is -3.93. The summed E-state index contributed by atoms with van der Waals surface area (Å²) in [6, 6.07) is 10.1. The second-order valence-electron chi connectivity index (χ2n) is 5.74. The van der Waals surface area contributed by atoms with Crippen LogP contribution in [0.4, 0.5) is 18.9 Å². The minimum Gasteiger partial charge on any atom is -0.377 e. The third-order valence-corrected chi connectivity index (χ3v) is 4.02. The molecule has 0 bridgehead atoms. The van der Waals surface area contributed by atoms with Crippen LogP contribution in [0.15, 0.2) is 36.4 Å². The Balaban J connectivity index is 2.47. The second-order valence-corrected chi connectivity index (χ2v) is 5.74. The van der Waals surface area contributed by atoms with Gasteiger partial charge >= 0.3 is 6.18 Å². The molecule has 23 heavy (non-hydrogen) atoms. The van der Waals surface area contributed by atoms with Gasteiger partial charge in [0.25, 0.3) is 0 Å². The van der Waals surface area contributed by atoms with Crippen molar-refractivity contribution in [2.45, 2.75) is 19.5 Å². The molecule has 2 nitrogen and oxygen atoms in total. The molecule has 5 heteroatoms. The van der Waals surface area contributed by atoms with E-state index in [1.54, 1.807) is 6.07 Å². The maximum atomic E-state index is 13.4. The van der Waals surface area contributed by atoms with Gasteiger partial charge in [0.05, 0.1) is 11.1 Å². The summed E-state index contributed by atoms with van der Waals surface area (Å²) in [4.78, 5) is 6.42. The van der Waals surface area contributed by atoms with Gasteiger partial charge in [-0.2, -0.15) is 13.2 Å². The molecule has 1 heterocycles. The van der Waals surface area contributed by atoms with Gasteiger partial charge < -0.3 is 4.90 Å². The molecule has 0 spiro atoms. The molecule has 0 N–H and O–H groups in total. The Morgan fingerprint density at radius 3 is 2.30 bits per heavy atom. The molecule has 0 saturated carbocycles. The van der Waals surface area contributed by atoms with E-state index in [0.29, 0.717) is 17.6 Å². The largest absolute Gasteiger partial charge is 0.417 e. The molecular weight excluding hydrogens is 301 g/mol. The van der Waals surface area contributed by atoms with Gasteiger partial charge in [-0.15, -0.1) is 0 Å². The lowest BCUT2D eigenvalue weighted by Crippen LogP contribution is -2.10. The third-order valence-electron chi connectivity index (χ3n) is 4.02. The zero-order chi connectivity index (χ0) is 16.8. The lowest BCUT2D eigenvalue weighted by Gasteiger charge is -2.18. The van der Waals surface area contributed by atoms with E-state index in [4.69, 9.17) is 0 Å². The van der Waals surface area contributed by atoms with E-state index in [0.717, 1.165) is 22.5 Å². The maximum absolute atomic E-state index is 13.4. The van der Waals surface area contributed by atoms with E-state index in [1.807, 2.05) is 44.1 Å². The number of pyridine rings is 1. The molecule has 0 atom stereocenters. The summed E-state index contributed by atoms with van der Waals surface area (Å²) in [6.45, 7) is 1.81. The van der Waals surface area contributed by atoms with Gasteiger partial charge in [-0.1, -0.05) is 31.2 Å². The number of nitrogens with zero attached hydrogens (tertiary/aromatic N) is 2. The minimum atomic E-state index is -4.39. The minimum absolute atomic E-state index is 0.151. The number of halogens is 3. The van der Waals surface area contributed by atoms with Crippen LogP contribution in [0.2, 0.25) is 0 Å². The number of hydrogen-bond donors (Lipinski definition) is 0. The van der Waals surface area contributed by atoms with Gasteiger partial charge in [0.2, 0.25) is 0 Å². The van der Waals surface area contributed by atoms with Crippen molar-refractivity contribution in [2.24, 2.45) is 0 Å². The van der Waals surface area contributed by atoms with Crippen molar-refractivity contribution in [3.05, 3.63) is 47.7 Å². The second kappa shape index (κ2) is 5.41. The molecule has 2 aromatic carbocycles. The molecule has 120 valence electrons. The van der Waals surface area contributed by atoms with Crippen LogP contribution < -0.4 is 4.90 Å². The van der Waals surface area contributed by atoms with E-state index < -0.39 is 11.7 Å². The predicted molar refractivity (Wildman–Crippen MR) is 88.0 cm³/mol. The van der Waals surface area contributed by atoms with Gasteiger partial charge in [0.15, 0.2) is 0 Å². The number of rotatable bonds is 2. The molecule has 0 unspecified atom stereocenters. The summed E-state index contributed by atoms with van der Waals surface area (Å²) in [5, 5.41) is 1.80. The van der Waals surface area contributed by atoms with Crippen LogP contribution in [-0.2, 0) is 12.6 Å². The molecule has 0 saturated heterocycles. The van der Waals surface area contributed by atoms with E-state index in [9.17, 15) is 13.2 Å². The fourth-order valence-electron chi connectivity index (χ4n) is 2.89. The van der Waals surface area contributed by atoms with E-state index in [-0.39, 0.29) is 5.39 Å². The Morgan fingerprint density at radius 2 is 1.70 bits per heavy atom. The molecule has 0 aliphatic rings. The number of hydrogen-bond acceptors (Lipinski definition) is 2. The van der Waals surface area contributed by atoms with Gasteiger partial charge in [-0.25, -0.2) is 0 Å². The molecule has 0 radical (unpaired) electrons. The Bertz CT molecular complexity index is 883. The Hall–Kier alpha value is -2.30. The van der Waals surface area contributed by atoms with Gasteiger partial charge in [-0.05, 0) is 18.6 Å². The third kappa shape index (κ3) is 2.60. The standard InChI is InChI=1S/C18H17F3N2/c1-4-11-10-15(18(19,20)21)14-9-8-12-13(17(14)22-11)6-5-7-16(12)23(2)3/h5-10H,4H2,1-3H3. The predicted octanol–water partition coefficient (Wildman–Crippen LogP) is 5.04. The fraction of sp³-hybridized carbons (Fsp3) is 0.278. The monoisotopic (exact) mass is 318 g/mol. The van der Waals surface area contributed by atoms with Crippen molar-refractivity contribution in [3.8, 4) is 0 Å². The van der Waals surface area contributed by atoms with E-state index >= 15 is 0 Å². The Labute approximate surface area is 132 Å². The normalized spacial score (nSPS) is 12.1. The number of aryl methyl sites for hydroxylation is 1. The van der Waals surface area contributed by atoms with Crippen LogP contribution in [0.1, 0.15) is 18.2 Å². The summed E-state index contributed by atoms with van der Waals surface area (Å²) in [5.41, 5.74) is 1.21. The number of aromatic nitrogens is 1. The van der Waals surface area contributed by atoms with Crippen LogP contribution in [-0.4, -0.2) is 19.1 Å². The quantitative estimate of drug-likeness (QED) is 0.616. The molecule has 0 aliphatic heterocycles. The molecule has 1 aromatic heterocycles. The topological polar surface area (TPSA) is 16.1 Å². The van der Waals surface area contributed by atoms with Crippen molar-refractivity contribution in [3.63, 3.8) is 0 Å². The SMILES string of the molecule is CCc1cc(C(F)(F)F)c2ccc3c(N(C)C)cccc3c2n1. The summed E-state index contributed by atoms with van der Waals surface area (Å²) in [7, 11) is 3.83. The lowest BCUT2D eigenvalue weighted by atomic mass is 10.00. The van der Waals surface area contributed by atoms with Crippen molar-refractivity contribution in [1.82, 2.24) is 4.98 Å². The molecule has 0 fully saturated rings. The first-order valence-electron chi connectivity index (χ1n) is 7.42. The first-order valence-corrected chi connectivity index (χ1v) is 7.42. The first kappa shape index (κ1) is 15.6. The van der Waals surface area contributed by atoms with Gasteiger partial charge in [0, 0.05) is 41.6 Å². The number of benzene rings is 2. The molecule has 0 aliphatic carbocycles. The molecule has 3 rings (SSSR count).